The van der Waals surface area contributed by atoms with Crippen LogP contribution in [0.5, 0.6) is 0 Å². The van der Waals surface area contributed by atoms with Crippen molar-refractivity contribution in [1.29, 1.82) is 0 Å². The molecule has 0 fully saturated rings. The molecule has 19 heavy (non-hydrogen) atoms. The molecule has 0 aromatic carbocycles. The molecule has 0 saturated carbocycles. The van der Waals surface area contributed by atoms with Gasteiger partial charge >= 0.3 is 0 Å². The summed E-state index contributed by atoms with van der Waals surface area (Å²) in [5, 5.41) is 23.6. The van der Waals surface area contributed by atoms with Gasteiger partial charge in [-0.2, -0.15) is 0 Å². The molecule has 2 amide bonds. The van der Waals surface area contributed by atoms with Crippen molar-refractivity contribution in [3.63, 3.8) is 0 Å². The van der Waals surface area contributed by atoms with Crippen molar-refractivity contribution in [2.24, 2.45) is 0 Å². The summed E-state index contributed by atoms with van der Waals surface area (Å²) in [6.45, 7) is 5.83. The number of nitrogens with one attached hydrogen (secondary N) is 2. The van der Waals surface area contributed by atoms with Gasteiger partial charge in [-0.1, -0.05) is 31.6 Å². The number of allylic oxidation sites excluding steroid dienone is 1. The fraction of sp³-hybridized carbons (Fsp3) is 0.538. The standard InChI is InChI=1S/C13H22N2O4/c1-3-5-6-7-9-15-13(19)11(17)10(16)12(18)14-8-4-2/h4,6-7,10-11,16-17H,2-3,5,8-9H2,1H3,(H,14,18)(H,15,19). The van der Waals surface area contributed by atoms with Crippen LogP contribution in [0.25, 0.3) is 0 Å². The SMILES string of the molecule is C=CCNC(=O)C(O)C(O)C(=O)NCC=CCCC. The smallest absolute Gasteiger partial charge is 0.252 e. The van der Waals surface area contributed by atoms with Crippen molar-refractivity contribution < 1.29 is 19.8 Å². The van der Waals surface area contributed by atoms with Gasteiger partial charge in [0.15, 0.2) is 12.2 Å². The van der Waals surface area contributed by atoms with Crippen molar-refractivity contribution in [2.45, 2.75) is 32.0 Å². The van der Waals surface area contributed by atoms with E-state index in [1.54, 1.807) is 6.08 Å². The van der Waals surface area contributed by atoms with Crippen LogP contribution in [0.4, 0.5) is 0 Å². The van der Waals surface area contributed by atoms with Crippen LogP contribution >= 0.6 is 0 Å². The average Bonchev–Trinajstić information content (AvgIpc) is 2.42. The topological polar surface area (TPSA) is 98.7 Å². The first-order valence-corrected chi connectivity index (χ1v) is 6.22. The zero-order valence-electron chi connectivity index (χ0n) is 11.1. The highest BCUT2D eigenvalue weighted by atomic mass is 16.3. The molecule has 0 aliphatic heterocycles. The summed E-state index contributed by atoms with van der Waals surface area (Å²) in [6.07, 6.45) is 3.41. The molecule has 0 radical (unpaired) electrons. The van der Waals surface area contributed by atoms with E-state index >= 15 is 0 Å². The molecule has 2 atom stereocenters. The van der Waals surface area contributed by atoms with Crippen LogP contribution in [0.1, 0.15) is 19.8 Å². The van der Waals surface area contributed by atoms with Gasteiger partial charge in [-0.3, -0.25) is 9.59 Å². The van der Waals surface area contributed by atoms with E-state index in [0.29, 0.717) is 0 Å². The number of rotatable bonds is 9. The number of unbranched alkanes of at least 4 members (excludes halogenated alkanes) is 1. The Kier molecular flexibility index (Phi) is 9.38. The van der Waals surface area contributed by atoms with Crippen molar-refractivity contribution in [2.75, 3.05) is 13.1 Å². The molecule has 0 heterocycles. The first-order valence-electron chi connectivity index (χ1n) is 6.22. The highest BCUT2D eigenvalue weighted by Gasteiger charge is 2.29. The van der Waals surface area contributed by atoms with Gasteiger partial charge in [0, 0.05) is 13.1 Å². The molecule has 0 bridgehead atoms. The van der Waals surface area contributed by atoms with E-state index in [1.807, 2.05) is 13.0 Å². The summed E-state index contributed by atoms with van der Waals surface area (Å²) in [6, 6.07) is 0. The fourth-order valence-corrected chi connectivity index (χ4v) is 1.20. The second kappa shape index (κ2) is 10.3. The minimum Gasteiger partial charge on any atom is -0.380 e. The molecule has 0 aromatic heterocycles. The van der Waals surface area contributed by atoms with Crippen molar-refractivity contribution >= 4 is 11.8 Å². The van der Waals surface area contributed by atoms with Gasteiger partial charge < -0.3 is 20.8 Å². The Morgan fingerprint density at radius 2 is 1.63 bits per heavy atom. The second-order valence-corrected chi connectivity index (χ2v) is 3.93. The maximum absolute atomic E-state index is 11.4. The Morgan fingerprint density at radius 1 is 1.11 bits per heavy atom. The largest absolute Gasteiger partial charge is 0.380 e. The molecule has 0 aliphatic rings. The fourth-order valence-electron chi connectivity index (χ4n) is 1.20. The lowest BCUT2D eigenvalue weighted by atomic mass is 10.1. The third kappa shape index (κ3) is 7.38. The summed E-state index contributed by atoms with van der Waals surface area (Å²) in [4.78, 5) is 22.7. The summed E-state index contributed by atoms with van der Waals surface area (Å²) >= 11 is 0. The van der Waals surface area contributed by atoms with E-state index in [1.165, 1.54) is 6.08 Å². The maximum atomic E-state index is 11.4. The summed E-state index contributed by atoms with van der Waals surface area (Å²) in [7, 11) is 0. The van der Waals surface area contributed by atoms with Gasteiger partial charge in [-0.05, 0) is 6.42 Å². The monoisotopic (exact) mass is 270 g/mol. The Hall–Kier alpha value is -1.66. The molecule has 4 N–H and O–H groups in total. The molecular weight excluding hydrogens is 248 g/mol. The molecule has 0 spiro atoms. The molecule has 6 nitrogen and oxygen atoms in total. The highest BCUT2D eigenvalue weighted by molar-refractivity contribution is 5.90. The minimum absolute atomic E-state index is 0.157. The number of carbonyl (C=O) groups excluding carboxylic acids is 2. The molecule has 108 valence electrons. The third-order valence-corrected chi connectivity index (χ3v) is 2.27. The lowest BCUT2D eigenvalue weighted by Crippen LogP contribution is -2.49. The van der Waals surface area contributed by atoms with Crippen LogP contribution in [-0.2, 0) is 9.59 Å². The van der Waals surface area contributed by atoms with Crippen LogP contribution in [0.2, 0.25) is 0 Å². The van der Waals surface area contributed by atoms with Crippen LogP contribution in [0.15, 0.2) is 24.8 Å². The first-order chi connectivity index (χ1) is 9.04. The van der Waals surface area contributed by atoms with Gasteiger partial charge in [0.2, 0.25) is 0 Å². The third-order valence-electron chi connectivity index (χ3n) is 2.27. The highest BCUT2D eigenvalue weighted by Crippen LogP contribution is 1.95. The Morgan fingerprint density at radius 3 is 2.11 bits per heavy atom. The quantitative estimate of drug-likeness (QED) is 0.424. The van der Waals surface area contributed by atoms with Gasteiger partial charge in [0.1, 0.15) is 0 Å². The molecule has 6 heteroatoms. The maximum Gasteiger partial charge on any atom is 0.252 e. The predicted octanol–water partition coefficient (Wildman–Crippen LogP) is -0.517. The summed E-state index contributed by atoms with van der Waals surface area (Å²) < 4.78 is 0. The van der Waals surface area contributed by atoms with E-state index in [4.69, 9.17) is 0 Å². The number of carbonyl (C=O) groups is 2. The predicted molar refractivity (Wildman–Crippen MR) is 72.3 cm³/mol. The van der Waals surface area contributed by atoms with Gasteiger partial charge in [0.05, 0.1) is 0 Å². The second-order valence-electron chi connectivity index (χ2n) is 3.93. The molecule has 0 aliphatic carbocycles. The average molecular weight is 270 g/mol. The van der Waals surface area contributed by atoms with Crippen LogP contribution in [0, 0.1) is 0 Å². The van der Waals surface area contributed by atoms with E-state index in [9.17, 15) is 19.8 Å². The molecule has 0 rings (SSSR count). The van der Waals surface area contributed by atoms with Gasteiger partial charge in [-0.15, -0.1) is 6.58 Å². The van der Waals surface area contributed by atoms with Gasteiger partial charge in [0.25, 0.3) is 11.8 Å². The Balaban J connectivity index is 4.09. The number of aliphatic hydroxyl groups excluding tert-OH is 2. The van der Waals surface area contributed by atoms with Crippen LogP contribution in [0.3, 0.4) is 0 Å². The first kappa shape index (κ1) is 17.3. The lowest BCUT2D eigenvalue weighted by Gasteiger charge is -2.16. The number of amides is 2. The van der Waals surface area contributed by atoms with E-state index < -0.39 is 24.0 Å². The number of hydrogen-bond acceptors (Lipinski definition) is 4. The molecule has 2 unspecified atom stereocenters. The lowest BCUT2D eigenvalue weighted by molar-refractivity contribution is -0.145. The van der Waals surface area contributed by atoms with Crippen molar-refractivity contribution in [3.8, 4) is 0 Å². The van der Waals surface area contributed by atoms with E-state index in [-0.39, 0.29) is 13.1 Å². The summed E-state index contributed by atoms with van der Waals surface area (Å²) in [5.41, 5.74) is 0. The van der Waals surface area contributed by atoms with Crippen molar-refractivity contribution in [3.05, 3.63) is 24.8 Å². The zero-order valence-corrected chi connectivity index (χ0v) is 11.1. The van der Waals surface area contributed by atoms with Crippen molar-refractivity contribution in [1.82, 2.24) is 10.6 Å². The van der Waals surface area contributed by atoms with E-state index in [0.717, 1.165) is 12.8 Å². The Bertz CT molecular complexity index is 329. The minimum atomic E-state index is -1.79. The molecule has 0 saturated heterocycles. The number of hydrogen-bond donors (Lipinski definition) is 4. The normalized spacial score (nSPS) is 13.8. The molecular formula is C13H22N2O4. The van der Waals surface area contributed by atoms with Crippen LogP contribution in [-0.4, -0.2) is 47.3 Å². The molecule has 0 aromatic rings. The van der Waals surface area contributed by atoms with E-state index in [2.05, 4.69) is 17.2 Å². The number of aliphatic hydroxyl groups is 2. The van der Waals surface area contributed by atoms with Crippen LogP contribution < -0.4 is 10.6 Å². The summed E-state index contributed by atoms with van der Waals surface area (Å²) in [5.74, 6) is -1.61. The Labute approximate surface area is 113 Å². The van der Waals surface area contributed by atoms with Gasteiger partial charge in [-0.25, -0.2) is 0 Å². The zero-order chi connectivity index (χ0) is 14.7.